The summed E-state index contributed by atoms with van der Waals surface area (Å²) in [6.45, 7) is 0. The highest BCUT2D eigenvalue weighted by atomic mass is 16.5. The molecule has 10 nitrogen and oxygen atoms in total. The van der Waals surface area contributed by atoms with Gasteiger partial charge in [0.1, 0.15) is 12.1 Å². The number of aromatic nitrogens is 2. The highest BCUT2D eigenvalue weighted by Gasteiger charge is 2.16. The van der Waals surface area contributed by atoms with Crippen LogP contribution in [0.2, 0.25) is 0 Å². The molecule has 10 heteroatoms. The van der Waals surface area contributed by atoms with Gasteiger partial charge in [0.15, 0.2) is 23.0 Å². The van der Waals surface area contributed by atoms with Crippen molar-refractivity contribution in [1.82, 2.24) is 9.97 Å². The third-order valence-corrected chi connectivity index (χ3v) is 5.29. The maximum absolute atomic E-state index is 12.7. The fourth-order valence-corrected chi connectivity index (χ4v) is 3.48. The van der Waals surface area contributed by atoms with Crippen LogP contribution in [0, 0.1) is 0 Å². The molecule has 0 aliphatic heterocycles. The van der Waals surface area contributed by atoms with E-state index in [9.17, 15) is 9.90 Å². The molecule has 0 fully saturated rings. The zero-order valence-corrected chi connectivity index (χ0v) is 19.6. The van der Waals surface area contributed by atoms with E-state index in [0.717, 1.165) is 11.1 Å². The predicted octanol–water partition coefficient (Wildman–Crippen LogP) is 4.37. The van der Waals surface area contributed by atoms with Gasteiger partial charge in [-0.05, 0) is 42.5 Å². The number of ether oxygens (including phenoxy) is 4. The number of anilines is 3. The Morgan fingerprint density at radius 3 is 1.94 bits per heavy atom. The Hall–Kier alpha value is -4.73. The molecule has 0 saturated carbocycles. The van der Waals surface area contributed by atoms with Crippen molar-refractivity contribution < 1.29 is 28.8 Å². The fraction of sp³-hybridized carbons (Fsp3) is 0.160. The Balaban J connectivity index is 1.53. The number of rotatable bonds is 8. The second-order valence-electron chi connectivity index (χ2n) is 7.33. The van der Waals surface area contributed by atoms with E-state index in [1.807, 2.05) is 18.2 Å². The first-order chi connectivity index (χ1) is 17.0. The van der Waals surface area contributed by atoms with Gasteiger partial charge in [0.25, 0.3) is 5.91 Å². The number of methoxy groups -OCH3 is 4. The SMILES string of the molecule is COc1cc2ncnc(Nc3ccc(NC(=O)c4cc(OC)c(O)c(OC)c4)cc3)c2cc1OC. The van der Waals surface area contributed by atoms with E-state index in [0.29, 0.717) is 28.5 Å². The van der Waals surface area contributed by atoms with Gasteiger partial charge >= 0.3 is 0 Å². The normalized spacial score (nSPS) is 10.5. The van der Waals surface area contributed by atoms with Gasteiger partial charge in [-0.25, -0.2) is 9.97 Å². The molecule has 1 heterocycles. The quantitative estimate of drug-likeness (QED) is 0.340. The summed E-state index contributed by atoms with van der Waals surface area (Å²) in [4.78, 5) is 21.4. The molecule has 1 aromatic heterocycles. The summed E-state index contributed by atoms with van der Waals surface area (Å²) in [5.74, 6) is 1.46. The largest absolute Gasteiger partial charge is 0.502 e. The van der Waals surface area contributed by atoms with Crippen LogP contribution in [0.4, 0.5) is 17.2 Å². The van der Waals surface area contributed by atoms with Gasteiger partial charge < -0.3 is 34.7 Å². The van der Waals surface area contributed by atoms with Crippen molar-refractivity contribution in [3.05, 3.63) is 60.4 Å². The lowest BCUT2D eigenvalue weighted by atomic mass is 10.1. The van der Waals surface area contributed by atoms with Crippen LogP contribution in [0.3, 0.4) is 0 Å². The molecule has 0 unspecified atom stereocenters. The first kappa shape index (κ1) is 23.4. The second-order valence-corrected chi connectivity index (χ2v) is 7.33. The molecule has 4 aromatic rings. The summed E-state index contributed by atoms with van der Waals surface area (Å²) in [6.07, 6.45) is 1.46. The molecule has 4 rings (SSSR count). The summed E-state index contributed by atoms with van der Waals surface area (Å²) in [7, 11) is 5.93. The number of carbonyl (C=O) groups excluding carboxylic acids is 1. The maximum Gasteiger partial charge on any atom is 0.255 e. The number of hydrogen-bond donors (Lipinski definition) is 3. The predicted molar refractivity (Wildman–Crippen MR) is 132 cm³/mol. The number of phenols is 1. The zero-order chi connectivity index (χ0) is 24.9. The van der Waals surface area contributed by atoms with Crippen LogP contribution in [0.5, 0.6) is 28.7 Å². The summed E-state index contributed by atoms with van der Waals surface area (Å²) >= 11 is 0. The van der Waals surface area contributed by atoms with Crippen molar-refractivity contribution in [3.63, 3.8) is 0 Å². The van der Waals surface area contributed by atoms with Gasteiger partial charge in [0.05, 0.1) is 34.0 Å². The minimum Gasteiger partial charge on any atom is -0.502 e. The Kier molecular flexibility index (Phi) is 6.72. The maximum atomic E-state index is 12.7. The van der Waals surface area contributed by atoms with Gasteiger partial charge in [-0.15, -0.1) is 0 Å². The highest BCUT2D eigenvalue weighted by molar-refractivity contribution is 6.05. The molecule has 0 aliphatic carbocycles. The van der Waals surface area contributed by atoms with Crippen molar-refractivity contribution in [3.8, 4) is 28.7 Å². The molecular formula is C25H24N4O6. The number of amides is 1. The summed E-state index contributed by atoms with van der Waals surface area (Å²) in [6, 6.07) is 13.6. The van der Waals surface area contributed by atoms with Crippen LogP contribution in [0.25, 0.3) is 10.9 Å². The minimum atomic E-state index is -0.384. The van der Waals surface area contributed by atoms with Crippen LogP contribution in [0.1, 0.15) is 10.4 Å². The number of benzene rings is 3. The molecular weight excluding hydrogens is 452 g/mol. The average molecular weight is 476 g/mol. The molecule has 3 aromatic carbocycles. The van der Waals surface area contributed by atoms with Crippen LogP contribution >= 0.6 is 0 Å². The van der Waals surface area contributed by atoms with Crippen molar-refractivity contribution in [2.24, 2.45) is 0 Å². The van der Waals surface area contributed by atoms with Gasteiger partial charge in [0.2, 0.25) is 5.75 Å². The highest BCUT2D eigenvalue weighted by Crippen LogP contribution is 2.37. The van der Waals surface area contributed by atoms with E-state index in [-0.39, 0.29) is 28.7 Å². The van der Waals surface area contributed by atoms with E-state index < -0.39 is 0 Å². The molecule has 0 aliphatic rings. The number of fused-ring (bicyclic) bond motifs is 1. The number of nitrogens with zero attached hydrogens (tertiary/aromatic N) is 2. The molecule has 0 spiro atoms. The van der Waals surface area contributed by atoms with E-state index in [1.165, 1.54) is 32.7 Å². The zero-order valence-electron chi connectivity index (χ0n) is 19.6. The smallest absolute Gasteiger partial charge is 0.255 e. The monoisotopic (exact) mass is 476 g/mol. The van der Waals surface area contributed by atoms with Gasteiger partial charge in [0, 0.05) is 28.4 Å². The fourth-order valence-electron chi connectivity index (χ4n) is 3.48. The summed E-state index contributed by atoms with van der Waals surface area (Å²) in [5, 5.41) is 16.9. The molecule has 0 saturated heterocycles. The molecule has 3 N–H and O–H groups in total. The number of nitrogens with one attached hydrogen (secondary N) is 2. The van der Waals surface area contributed by atoms with Crippen LogP contribution < -0.4 is 29.6 Å². The second kappa shape index (κ2) is 10.0. The number of carbonyl (C=O) groups is 1. The summed E-state index contributed by atoms with van der Waals surface area (Å²) in [5.41, 5.74) is 2.30. The average Bonchev–Trinajstić information content (AvgIpc) is 2.89. The van der Waals surface area contributed by atoms with Gasteiger partial charge in [-0.1, -0.05) is 0 Å². The van der Waals surface area contributed by atoms with Crippen LogP contribution in [-0.4, -0.2) is 49.4 Å². The minimum absolute atomic E-state index is 0.139. The van der Waals surface area contributed by atoms with Crippen molar-refractivity contribution in [2.75, 3.05) is 39.1 Å². The molecule has 35 heavy (non-hydrogen) atoms. The van der Waals surface area contributed by atoms with Gasteiger partial charge in [-0.2, -0.15) is 0 Å². The van der Waals surface area contributed by atoms with Crippen LogP contribution in [0.15, 0.2) is 54.9 Å². The van der Waals surface area contributed by atoms with E-state index in [2.05, 4.69) is 20.6 Å². The Morgan fingerprint density at radius 1 is 0.771 bits per heavy atom. The Labute approximate surface area is 201 Å². The number of aromatic hydroxyl groups is 1. The third kappa shape index (κ3) is 4.81. The van der Waals surface area contributed by atoms with Crippen molar-refractivity contribution in [1.29, 1.82) is 0 Å². The molecule has 180 valence electrons. The van der Waals surface area contributed by atoms with E-state index in [4.69, 9.17) is 18.9 Å². The Morgan fingerprint density at radius 2 is 1.34 bits per heavy atom. The Bertz CT molecular complexity index is 1350. The van der Waals surface area contributed by atoms with E-state index in [1.54, 1.807) is 32.4 Å². The molecule has 0 bridgehead atoms. The number of phenolic OH excluding ortho intramolecular Hbond substituents is 1. The molecule has 0 radical (unpaired) electrons. The number of hydrogen-bond acceptors (Lipinski definition) is 9. The standard InChI is InChI=1S/C25H24N4O6/c1-32-19-11-17-18(12-20(19)33-2)26-13-27-24(17)28-15-5-7-16(8-6-15)29-25(31)14-9-21(34-3)23(30)22(10-14)35-4/h5-13,30H,1-4H3,(H,29,31)(H,26,27,28). The molecule has 0 atom stereocenters. The van der Waals surface area contributed by atoms with Crippen LogP contribution in [-0.2, 0) is 0 Å². The topological polar surface area (TPSA) is 124 Å². The lowest BCUT2D eigenvalue weighted by Gasteiger charge is -2.13. The lowest BCUT2D eigenvalue weighted by Crippen LogP contribution is -2.12. The first-order valence-electron chi connectivity index (χ1n) is 10.5. The molecule has 1 amide bonds. The first-order valence-corrected chi connectivity index (χ1v) is 10.5. The summed E-state index contributed by atoms with van der Waals surface area (Å²) < 4.78 is 21.0. The van der Waals surface area contributed by atoms with Gasteiger partial charge in [-0.3, -0.25) is 4.79 Å². The third-order valence-electron chi connectivity index (χ3n) is 5.29. The lowest BCUT2D eigenvalue weighted by molar-refractivity contribution is 0.102. The van der Waals surface area contributed by atoms with Crippen molar-refractivity contribution in [2.45, 2.75) is 0 Å². The van der Waals surface area contributed by atoms with Crippen molar-refractivity contribution >= 4 is 34.0 Å². The van der Waals surface area contributed by atoms with E-state index >= 15 is 0 Å².